The van der Waals surface area contributed by atoms with Crippen molar-refractivity contribution in [2.75, 3.05) is 38.9 Å². The molecule has 3 rings (SSSR count). The Bertz CT molecular complexity index is 897. The van der Waals surface area contributed by atoms with E-state index in [1.807, 2.05) is 0 Å². The fraction of sp³-hybridized carbons (Fsp3) is 0.286. The summed E-state index contributed by atoms with van der Waals surface area (Å²) in [7, 11) is 1.58. The molecule has 0 aromatic heterocycles. The number of carbonyl (C=O) groups excluding carboxylic acids is 2. The first-order valence-corrected chi connectivity index (χ1v) is 9.28. The first kappa shape index (κ1) is 21.0. The van der Waals surface area contributed by atoms with Crippen LogP contribution in [0.25, 0.3) is 0 Å². The van der Waals surface area contributed by atoms with Crippen molar-refractivity contribution in [1.29, 1.82) is 0 Å². The first-order valence-electron chi connectivity index (χ1n) is 9.28. The summed E-state index contributed by atoms with van der Waals surface area (Å²) in [6.07, 6.45) is 2.24. The van der Waals surface area contributed by atoms with E-state index in [0.29, 0.717) is 30.4 Å². The fourth-order valence-corrected chi connectivity index (χ4v) is 2.50. The number of nitrogens with one attached hydrogen (secondary N) is 1. The summed E-state index contributed by atoms with van der Waals surface area (Å²) in [5.74, 6) is 0.714. The van der Waals surface area contributed by atoms with Gasteiger partial charge in [-0.15, -0.1) is 0 Å². The molecule has 2 aromatic rings. The van der Waals surface area contributed by atoms with E-state index in [1.54, 1.807) is 49.6 Å². The molecule has 2 aromatic carbocycles. The standard InChI is InChI=1S/C21H22N2O7/c1-26-17-6-3-15(4-7-17)12-22-30-14-21(25)29-13-20(24)23-16-5-8-18-19(11-16)28-10-2-9-27-18/h3-8,11-12H,2,9-10,13-14H2,1H3,(H,23,24)/b22-12-. The quantitative estimate of drug-likeness (QED) is 0.402. The number of amides is 1. The number of rotatable bonds is 8. The minimum atomic E-state index is -0.712. The van der Waals surface area contributed by atoms with E-state index in [0.717, 1.165) is 17.7 Å². The third-order valence-corrected chi connectivity index (χ3v) is 3.97. The van der Waals surface area contributed by atoms with Crippen LogP contribution in [0.15, 0.2) is 47.6 Å². The zero-order chi connectivity index (χ0) is 21.2. The van der Waals surface area contributed by atoms with Crippen LogP contribution in [-0.4, -0.2) is 51.6 Å². The summed E-state index contributed by atoms with van der Waals surface area (Å²) < 4.78 is 21.0. The summed E-state index contributed by atoms with van der Waals surface area (Å²) in [4.78, 5) is 28.5. The maximum atomic E-state index is 12.0. The molecular formula is C21H22N2O7. The largest absolute Gasteiger partial charge is 0.497 e. The van der Waals surface area contributed by atoms with Crippen molar-refractivity contribution in [2.45, 2.75) is 6.42 Å². The van der Waals surface area contributed by atoms with E-state index < -0.39 is 25.1 Å². The van der Waals surface area contributed by atoms with Gasteiger partial charge in [0.15, 0.2) is 18.1 Å². The Morgan fingerprint density at radius 1 is 1.07 bits per heavy atom. The van der Waals surface area contributed by atoms with Crippen molar-refractivity contribution in [3.63, 3.8) is 0 Å². The van der Waals surface area contributed by atoms with E-state index >= 15 is 0 Å². The minimum Gasteiger partial charge on any atom is -0.497 e. The number of fused-ring (bicyclic) bond motifs is 1. The molecule has 0 radical (unpaired) electrons. The van der Waals surface area contributed by atoms with Gasteiger partial charge in [0.2, 0.25) is 6.61 Å². The minimum absolute atomic E-state index is 0.413. The van der Waals surface area contributed by atoms with Crippen LogP contribution in [-0.2, 0) is 19.2 Å². The highest BCUT2D eigenvalue weighted by Gasteiger charge is 2.13. The highest BCUT2D eigenvalue weighted by Crippen LogP contribution is 2.32. The molecule has 0 fully saturated rings. The second-order valence-electron chi connectivity index (χ2n) is 6.20. The van der Waals surface area contributed by atoms with Gasteiger partial charge in [0.25, 0.3) is 5.91 Å². The predicted octanol–water partition coefficient (Wildman–Crippen LogP) is 2.39. The lowest BCUT2D eigenvalue weighted by Crippen LogP contribution is -2.22. The van der Waals surface area contributed by atoms with E-state index in [-0.39, 0.29) is 0 Å². The number of benzene rings is 2. The van der Waals surface area contributed by atoms with E-state index in [4.69, 9.17) is 23.8 Å². The van der Waals surface area contributed by atoms with Crippen LogP contribution < -0.4 is 19.5 Å². The van der Waals surface area contributed by atoms with Gasteiger partial charge in [0, 0.05) is 18.2 Å². The topological polar surface area (TPSA) is 105 Å². The summed E-state index contributed by atoms with van der Waals surface area (Å²) in [5.41, 5.74) is 1.29. The molecule has 0 bridgehead atoms. The third-order valence-electron chi connectivity index (χ3n) is 3.97. The van der Waals surface area contributed by atoms with Crippen molar-refractivity contribution >= 4 is 23.8 Å². The molecule has 9 heteroatoms. The van der Waals surface area contributed by atoms with Gasteiger partial charge in [-0.05, 0) is 42.0 Å². The predicted molar refractivity (Wildman–Crippen MR) is 108 cm³/mol. The average Bonchev–Trinajstić information content (AvgIpc) is 3.01. The third kappa shape index (κ3) is 6.40. The van der Waals surface area contributed by atoms with Crippen LogP contribution >= 0.6 is 0 Å². The van der Waals surface area contributed by atoms with Gasteiger partial charge < -0.3 is 29.1 Å². The fourth-order valence-electron chi connectivity index (χ4n) is 2.50. The average molecular weight is 414 g/mol. The number of anilines is 1. The van der Waals surface area contributed by atoms with Gasteiger partial charge in [-0.3, -0.25) is 4.79 Å². The molecule has 0 spiro atoms. The van der Waals surface area contributed by atoms with Crippen LogP contribution in [0, 0.1) is 0 Å². The lowest BCUT2D eigenvalue weighted by atomic mass is 10.2. The highest BCUT2D eigenvalue weighted by atomic mass is 16.7. The molecule has 0 atom stereocenters. The second-order valence-corrected chi connectivity index (χ2v) is 6.20. The lowest BCUT2D eigenvalue weighted by molar-refractivity contribution is -0.151. The van der Waals surface area contributed by atoms with Gasteiger partial charge in [-0.25, -0.2) is 4.79 Å². The summed E-state index contributed by atoms with van der Waals surface area (Å²) in [5, 5.41) is 6.32. The van der Waals surface area contributed by atoms with Crippen LogP contribution in [0.2, 0.25) is 0 Å². The zero-order valence-corrected chi connectivity index (χ0v) is 16.5. The Labute approximate surface area is 173 Å². The zero-order valence-electron chi connectivity index (χ0n) is 16.5. The summed E-state index contributed by atoms with van der Waals surface area (Å²) in [6.45, 7) is 0.270. The maximum Gasteiger partial charge on any atom is 0.347 e. The molecular weight excluding hydrogens is 392 g/mol. The Morgan fingerprint density at radius 3 is 2.60 bits per heavy atom. The number of oxime groups is 1. The Morgan fingerprint density at radius 2 is 1.83 bits per heavy atom. The smallest absolute Gasteiger partial charge is 0.347 e. The summed E-state index contributed by atoms with van der Waals surface area (Å²) >= 11 is 0. The van der Waals surface area contributed by atoms with Gasteiger partial charge in [0.1, 0.15) is 5.75 Å². The van der Waals surface area contributed by atoms with Crippen molar-refractivity contribution in [3.05, 3.63) is 48.0 Å². The number of hydrogen-bond acceptors (Lipinski definition) is 8. The van der Waals surface area contributed by atoms with Gasteiger partial charge >= 0.3 is 5.97 Å². The van der Waals surface area contributed by atoms with Crippen molar-refractivity contribution in [2.24, 2.45) is 5.16 Å². The molecule has 1 heterocycles. The van der Waals surface area contributed by atoms with Crippen molar-refractivity contribution in [3.8, 4) is 17.2 Å². The first-order chi connectivity index (χ1) is 14.6. The normalized spacial score (nSPS) is 12.7. The van der Waals surface area contributed by atoms with Gasteiger partial charge in [0.05, 0.1) is 26.5 Å². The molecule has 1 aliphatic rings. The van der Waals surface area contributed by atoms with Crippen LogP contribution in [0.3, 0.4) is 0 Å². The molecule has 1 amide bonds. The van der Waals surface area contributed by atoms with Gasteiger partial charge in [-0.1, -0.05) is 5.16 Å². The molecule has 30 heavy (non-hydrogen) atoms. The summed E-state index contributed by atoms with van der Waals surface area (Å²) in [6, 6.07) is 12.2. The molecule has 1 aliphatic heterocycles. The lowest BCUT2D eigenvalue weighted by Gasteiger charge is -2.10. The number of carbonyl (C=O) groups is 2. The van der Waals surface area contributed by atoms with E-state index in [2.05, 4.69) is 10.5 Å². The Balaban J connectivity index is 1.37. The molecule has 0 aliphatic carbocycles. The maximum absolute atomic E-state index is 12.0. The van der Waals surface area contributed by atoms with Crippen LogP contribution in [0.1, 0.15) is 12.0 Å². The number of ether oxygens (including phenoxy) is 4. The van der Waals surface area contributed by atoms with E-state index in [1.165, 1.54) is 6.21 Å². The van der Waals surface area contributed by atoms with Crippen LogP contribution in [0.4, 0.5) is 5.69 Å². The molecule has 0 saturated heterocycles. The number of nitrogens with zero attached hydrogens (tertiary/aromatic N) is 1. The number of hydrogen-bond donors (Lipinski definition) is 1. The van der Waals surface area contributed by atoms with Gasteiger partial charge in [-0.2, -0.15) is 0 Å². The van der Waals surface area contributed by atoms with Crippen molar-refractivity contribution < 1.29 is 33.4 Å². The molecule has 158 valence electrons. The molecule has 0 saturated carbocycles. The van der Waals surface area contributed by atoms with Crippen LogP contribution in [0.5, 0.6) is 17.2 Å². The Hall–Kier alpha value is -3.75. The molecule has 0 unspecified atom stereocenters. The highest BCUT2D eigenvalue weighted by molar-refractivity contribution is 5.93. The monoisotopic (exact) mass is 414 g/mol. The molecule has 9 nitrogen and oxygen atoms in total. The van der Waals surface area contributed by atoms with E-state index in [9.17, 15) is 9.59 Å². The number of methoxy groups -OCH3 is 1. The van der Waals surface area contributed by atoms with Crippen molar-refractivity contribution in [1.82, 2.24) is 0 Å². The second kappa shape index (κ2) is 10.7. The number of esters is 1. The molecule has 1 N–H and O–H groups in total. The SMILES string of the molecule is COc1ccc(/C=N\OCC(=O)OCC(=O)Nc2ccc3c(c2)OCCCO3)cc1. The Kier molecular flexibility index (Phi) is 7.48.